The van der Waals surface area contributed by atoms with Crippen LogP contribution in [0, 0.1) is 6.92 Å². The molecule has 2 N–H and O–H groups in total. The smallest absolute Gasteiger partial charge is 0.330 e. The Morgan fingerprint density at radius 1 is 1.32 bits per heavy atom. The number of imidazole rings is 1. The van der Waals surface area contributed by atoms with Crippen LogP contribution in [0.5, 0.6) is 0 Å². The van der Waals surface area contributed by atoms with Crippen molar-refractivity contribution in [2.24, 2.45) is 5.73 Å². The average Bonchev–Trinajstić information content (AvgIpc) is 2.77. The number of aryl methyl sites for hydroxylation is 1. The second-order valence-electron chi connectivity index (χ2n) is 4.29. The van der Waals surface area contributed by atoms with E-state index in [1.165, 1.54) is 19.3 Å². The number of nitrogens with zero attached hydrogens (tertiary/aromatic N) is 2. The molecule has 0 radical (unpaired) electrons. The fourth-order valence-corrected chi connectivity index (χ4v) is 1.95. The van der Waals surface area contributed by atoms with E-state index < -0.39 is 11.7 Å². The highest BCUT2D eigenvalue weighted by molar-refractivity contribution is 5.42. The van der Waals surface area contributed by atoms with Gasteiger partial charge in [-0.2, -0.15) is 13.2 Å². The molecule has 0 aliphatic heterocycles. The monoisotopic (exact) mass is 269 g/mol. The first-order chi connectivity index (χ1) is 8.93. The SMILES string of the molecule is Cc1ccc(-n2cncc2CCN)cc1C(F)(F)F. The highest BCUT2D eigenvalue weighted by atomic mass is 19.4. The summed E-state index contributed by atoms with van der Waals surface area (Å²) in [6, 6.07) is 4.24. The van der Waals surface area contributed by atoms with E-state index >= 15 is 0 Å². The summed E-state index contributed by atoms with van der Waals surface area (Å²) in [6.07, 6.45) is -0.681. The van der Waals surface area contributed by atoms with Gasteiger partial charge >= 0.3 is 6.18 Å². The Hall–Kier alpha value is -1.82. The molecular formula is C13H14F3N3. The third-order valence-corrected chi connectivity index (χ3v) is 2.92. The molecule has 3 nitrogen and oxygen atoms in total. The van der Waals surface area contributed by atoms with Crippen LogP contribution in [0.25, 0.3) is 5.69 Å². The van der Waals surface area contributed by atoms with Crippen molar-refractivity contribution < 1.29 is 13.2 Å². The van der Waals surface area contributed by atoms with Crippen LogP contribution in [-0.2, 0) is 12.6 Å². The van der Waals surface area contributed by atoms with Gasteiger partial charge in [-0.3, -0.25) is 0 Å². The van der Waals surface area contributed by atoms with E-state index in [2.05, 4.69) is 4.98 Å². The van der Waals surface area contributed by atoms with Crippen LogP contribution >= 0.6 is 0 Å². The van der Waals surface area contributed by atoms with Gasteiger partial charge in [-0.05, 0) is 31.2 Å². The lowest BCUT2D eigenvalue weighted by Crippen LogP contribution is -2.10. The molecule has 1 aromatic carbocycles. The summed E-state index contributed by atoms with van der Waals surface area (Å²) >= 11 is 0. The molecule has 0 unspecified atom stereocenters. The Bertz CT molecular complexity index is 573. The van der Waals surface area contributed by atoms with Crippen molar-refractivity contribution in [1.29, 1.82) is 0 Å². The van der Waals surface area contributed by atoms with Crippen LogP contribution in [-0.4, -0.2) is 16.1 Å². The Morgan fingerprint density at radius 3 is 2.68 bits per heavy atom. The maximum Gasteiger partial charge on any atom is 0.416 e. The summed E-state index contributed by atoms with van der Waals surface area (Å²) in [5, 5.41) is 0. The number of halogens is 3. The van der Waals surface area contributed by atoms with Gasteiger partial charge in [0.2, 0.25) is 0 Å². The van der Waals surface area contributed by atoms with Crippen LogP contribution in [0.3, 0.4) is 0 Å². The minimum Gasteiger partial charge on any atom is -0.330 e. The van der Waals surface area contributed by atoms with Crippen LogP contribution in [0.1, 0.15) is 16.8 Å². The largest absolute Gasteiger partial charge is 0.416 e. The number of alkyl halides is 3. The van der Waals surface area contributed by atoms with Crippen molar-refractivity contribution in [3.63, 3.8) is 0 Å². The van der Waals surface area contributed by atoms with Gasteiger partial charge in [0.1, 0.15) is 0 Å². The molecule has 0 bridgehead atoms. The van der Waals surface area contributed by atoms with E-state index in [0.717, 1.165) is 11.8 Å². The van der Waals surface area contributed by atoms with Gasteiger partial charge in [-0.15, -0.1) is 0 Å². The zero-order valence-corrected chi connectivity index (χ0v) is 10.4. The van der Waals surface area contributed by atoms with Gasteiger partial charge in [0.15, 0.2) is 0 Å². The van der Waals surface area contributed by atoms with E-state index in [0.29, 0.717) is 18.7 Å². The van der Waals surface area contributed by atoms with Gasteiger partial charge in [0.25, 0.3) is 0 Å². The van der Waals surface area contributed by atoms with Crippen molar-refractivity contribution in [3.8, 4) is 5.69 Å². The highest BCUT2D eigenvalue weighted by Crippen LogP contribution is 2.33. The molecule has 0 atom stereocenters. The summed E-state index contributed by atoms with van der Waals surface area (Å²) < 4.78 is 40.2. The fourth-order valence-electron chi connectivity index (χ4n) is 1.95. The second kappa shape index (κ2) is 5.05. The van der Waals surface area contributed by atoms with E-state index in [1.807, 2.05) is 0 Å². The summed E-state index contributed by atoms with van der Waals surface area (Å²) in [7, 11) is 0. The number of nitrogens with two attached hydrogens (primary N) is 1. The number of hydrogen-bond donors (Lipinski definition) is 1. The molecule has 2 rings (SSSR count). The van der Waals surface area contributed by atoms with Crippen molar-refractivity contribution in [2.45, 2.75) is 19.5 Å². The maximum absolute atomic E-state index is 12.9. The van der Waals surface area contributed by atoms with Crippen LogP contribution in [0.4, 0.5) is 13.2 Å². The Morgan fingerprint density at radius 2 is 2.05 bits per heavy atom. The summed E-state index contributed by atoms with van der Waals surface area (Å²) in [4.78, 5) is 3.96. The van der Waals surface area contributed by atoms with E-state index in [-0.39, 0.29) is 5.56 Å². The number of hydrogen-bond acceptors (Lipinski definition) is 2. The normalized spacial score (nSPS) is 11.8. The number of benzene rings is 1. The standard InChI is InChI=1S/C13H14F3N3/c1-9-2-3-10(6-12(9)13(14,15)16)19-8-18-7-11(19)4-5-17/h2-3,6-8H,4-5,17H2,1H3. The molecule has 19 heavy (non-hydrogen) atoms. The van der Waals surface area contributed by atoms with Crippen LogP contribution < -0.4 is 5.73 Å². The Kier molecular flexibility index (Phi) is 3.61. The molecule has 0 aliphatic rings. The zero-order valence-electron chi connectivity index (χ0n) is 10.4. The minimum absolute atomic E-state index is 0.205. The maximum atomic E-state index is 12.9. The molecule has 1 heterocycles. The van der Waals surface area contributed by atoms with Gasteiger partial charge in [-0.1, -0.05) is 6.07 Å². The lowest BCUT2D eigenvalue weighted by Gasteiger charge is -2.14. The first kappa shape index (κ1) is 13.6. The third kappa shape index (κ3) is 2.78. The molecule has 6 heteroatoms. The summed E-state index contributed by atoms with van der Waals surface area (Å²) in [5.74, 6) is 0. The van der Waals surface area contributed by atoms with E-state index in [1.54, 1.807) is 16.8 Å². The Balaban J connectivity index is 2.49. The number of rotatable bonds is 3. The molecular weight excluding hydrogens is 255 g/mol. The lowest BCUT2D eigenvalue weighted by molar-refractivity contribution is -0.138. The fraction of sp³-hybridized carbons (Fsp3) is 0.308. The molecule has 0 saturated carbocycles. The number of aromatic nitrogens is 2. The van der Waals surface area contributed by atoms with Gasteiger partial charge in [0.05, 0.1) is 11.9 Å². The molecule has 0 amide bonds. The van der Waals surface area contributed by atoms with E-state index in [9.17, 15) is 13.2 Å². The predicted molar refractivity (Wildman–Crippen MR) is 66.1 cm³/mol. The molecule has 0 fully saturated rings. The zero-order chi connectivity index (χ0) is 14.0. The average molecular weight is 269 g/mol. The minimum atomic E-state index is -4.35. The second-order valence-corrected chi connectivity index (χ2v) is 4.29. The van der Waals surface area contributed by atoms with Gasteiger partial charge < -0.3 is 10.3 Å². The summed E-state index contributed by atoms with van der Waals surface area (Å²) in [5.41, 5.74) is 6.28. The summed E-state index contributed by atoms with van der Waals surface area (Å²) in [6.45, 7) is 1.87. The quantitative estimate of drug-likeness (QED) is 0.931. The van der Waals surface area contributed by atoms with Crippen molar-refractivity contribution in [3.05, 3.63) is 47.5 Å². The molecule has 0 spiro atoms. The highest BCUT2D eigenvalue weighted by Gasteiger charge is 2.32. The Labute approximate surface area is 108 Å². The molecule has 0 aliphatic carbocycles. The van der Waals surface area contributed by atoms with Gasteiger partial charge in [-0.25, -0.2) is 4.98 Å². The lowest BCUT2D eigenvalue weighted by atomic mass is 10.1. The first-order valence-corrected chi connectivity index (χ1v) is 5.83. The van der Waals surface area contributed by atoms with Crippen molar-refractivity contribution in [1.82, 2.24) is 9.55 Å². The van der Waals surface area contributed by atoms with Crippen molar-refractivity contribution >= 4 is 0 Å². The van der Waals surface area contributed by atoms with Crippen LogP contribution in [0.2, 0.25) is 0 Å². The predicted octanol–water partition coefficient (Wildman–Crippen LogP) is 2.70. The molecule has 2 aromatic rings. The molecule has 0 saturated heterocycles. The van der Waals surface area contributed by atoms with Gasteiger partial charge in [0, 0.05) is 24.0 Å². The third-order valence-electron chi connectivity index (χ3n) is 2.92. The molecule has 102 valence electrons. The first-order valence-electron chi connectivity index (χ1n) is 5.83. The van der Waals surface area contributed by atoms with Crippen molar-refractivity contribution in [2.75, 3.05) is 6.54 Å². The molecule has 1 aromatic heterocycles. The van der Waals surface area contributed by atoms with Crippen LogP contribution in [0.15, 0.2) is 30.7 Å². The topological polar surface area (TPSA) is 43.8 Å². The van der Waals surface area contributed by atoms with E-state index in [4.69, 9.17) is 5.73 Å².